The van der Waals surface area contributed by atoms with Crippen molar-refractivity contribution < 1.29 is 9.53 Å². The fourth-order valence-corrected chi connectivity index (χ4v) is 0.943. The first-order chi connectivity index (χ1) is 6.63. The average Bonchev–Trinajstić information content (AvgIpc) is 2.53. The van der Waals surface area contributed by atoms with Gasteiger partial charge in [0.2, 0.25) is 0 Å². The van der Waals surface area contributed by atoms with Crippen LogP contribution in [0.25, 0.3) is 0 Å². The Balaban J connectivity index is 2.55. The third-order valence-electron chi connectivity index (χ3n) is 1.64. The predicted molar refractivity (Wildman–Crippen MR) is 52.3 cm³/mol. The Morgan fingerprint density at radius 1 is 1.71 bits per heavy atom. The minimum Gasteiger partial charge on any atom is -0.407 e. The van der Waals surface area contributed by atoms with Crippen LogP contribution in [-0.4, -0.2) is 22.4 Å². The van der Waals surface area contributed by atoms with Crippen LogP contribution in [0.3, 0.4) is 0 Å². The van der Waals surface area contributed by atoms with Gasteiger partial charge in [-0.15, -0.1) is 0 Å². The van der Waals surface area contributed by atoms with Gasteiger partial charge in [0.25, 0.3) is 0 Å². The zero-order valence-electron chi connectivity index (χ0n) is 8.65. The van der Waals surface area contributed by atoms with Crippen molar-refractivity contribution in [1.82, 2.24) is 15.1 Å². The summed E-state index contributed by atoms with van der Waals surface area (Å²) in [6.07, 6.45) is 2.77. The minimum atomic E-state index is -0.448. The third-order valence-corrected chi connectivity index (χ3v) is 1.64. The first kappa shape index (κ1) is 10.6. The first-order valence-corrected chi connectivity index (χ1v) is 4.63. The quantitative estimate of drug-likeness (QED) is 0.800. The van der Waals surface area contributed by atoms with Crippen molar-refractivity contribution >= 4 is 6.09 Å². The monoisotopic (exact) mass is 197 g/mol. The molecule has 0 aromatic carbocycles. The molecule has 0 aliphatic rings. The summed E-state index contributed by atoms with van der Waals surface area (Å²) < 4.78 is 6.68. The van der Waals surface area contributed by atoms with Gasteiger partial charge in [0.05, 0.1) is 12.4 Å². The Bertz CT molecular complexity index is 307. The maximum atomic E-state index is 11.0. The fraction of sp³-hybridized carbons (Fsp3) is 0.556. The van der Waals surface area contributed by atoms with Crippen molar-refractivity contribution in [2.75, 3.05) is 6.54 Å². The molecule has 78 valence electrons. The number of carbonyl (C=O) groups is 1. The van der Waals surface area contributed by atoms with Gasteiger partial charge >= 0.3 is 6.09 Å². The van der Waals surface area contributed by atoms with Crippen LogP contribution in [0, 0.1) is 0 Å². The second kappa shape index (κ2) is 4.64. The fourth-order valence-electron chi connectivity index (χ4n) is 0.943. The minimum absolute atomic E-state index is 0.265. The molecule has 0 aliphatic heterocycles. The summed E-state index contributed by atoms with van der Waals surface area (Å²) in [6, 6.07) is 0.265. The Morgan fingerprint density at radius 2 is 2.43 bits per heavy atom. The number of nitrogens with one attached hydrogen (secondary N) is 1. The molecular formula is C9H15N3O2. The van der Waals surface area contributed by atoms with E-state index in [4.69, 9.17) is 4.74 Å². The molecule has 1 aromatic heterocycles. The molecule has 0 fully saturated rings. The van der Waals surface area contributed by atoms with E-state index in [1.54, 1.807) is 10.9 Å². The molecule has 5 nitrogen and oxygen atoms in total. The van der Waals surface area contributed by atoms with E-state index < -0.39 is 6.09 Å². The second-order valence-corrected chi connectivity index (χ2v) is 3.17. The lowest BCUT2D eigenvalue weighted by Crippen LogP contribution is -2.26. The van der Waals surface area contributed by atoms with E-state index in [9.17, 15) is 4.79 Å². The highest BCUT2D eigenvalue weighted by molar-refractivity contribution is 5.69. The molecule has 0 atom stereocenters. The molecule has 0 saturated heterocycles. The van der Waals surface area contributed by atoms with Crippen molar-refractivity contribution in [2.24, 2.45) is 0 Å². The highest BCUT2D eigenvalue weighted by atomic mass is 16.6. The summed E-state index contributed by atoms with van der Waals surface area (Å²) >= 11 is 0. The molecule has 5 heteroatoms. The number of aromatic nitrogens is 2. The van der Waals surface area contributed by atoms with Gasteiger partial charge in [-0.1, -0.05) is 0 Å². The van der Waals surface area contributed by atoms with Crippen LogP contribution in [-0.2, 0) is 0 Å². The van der Waals surface area contributed by atoms with Gasteiger partial charge in [-0.25, -0.2) is 4.79 Å². The molecule has 0 saturated carbocycles. The number of hydrogen-bond donors (Lipinski definition) is 1. The van der Waals surface area contributed by atoms with Crippen LogP contribution in [0.4, 0.5) is 4.79 Å². The third kappa shape index (κ3) is 2.76. The Morgan fingerprint density at radius 3 is 2.93 bits per heavy atom. The average molecular weight is 197 g/mol. The SMILES string of the molecule is CCNC(=O)Oc1cnn(C(C)C)c1. The smallest absolute Gasteiger partial charge is 0.407 e. The molecule has 14 heavy (non-hydrogen) atoms. The standard InChI is InChI=1S/C9H15N3O2/c1-4-10-9(13)14-8-5-11-12(6-8)7(2)3/h5-7H,4H2,1-3H3,(H,10,13). The molecule has 0 radical (unpaired) electrons. The summed E-state index contributed by atoms with van der Waals surface area (Å²) in [5.41, 5.74) is 0. The number of carbonyl (C=O) groups excluding carboxylic acids is 1. The summed E-state index contributed by atoms with van der Waals surface area (Å²) in [6.45, 7) is 6.39. The second-order valence-electron chi connectivity index (χ2n) is 3.17. The predicted octanol–water partition coefficient (Wildman–Crippen LogP) is 1.57. The summed E-state index contributed by atoms with van der Waals surface area (Å²) in [5.74, 6) is 0.463. The first-order valence-electron chi connectivity index (χ1n) is 4.63. The topological polar surface area (TPSA) is 56.1 Å². The maximum absolute atomic E-state index is 11.0. The van der Waals surface area contributed by atoms with Gasteiger partial charge in [0.1, 0.15) is 0 Å². The van der Waals surface area contributed by atoms with Crippen molar-refractivity contribution in [2.45, 2.75) is 26.8 Å². The number of rotatable bonds is 3. The maximum Gasteiger partial charge on any atom is 0.412 e. The molecule has 1 amide bonds. The summed E-state index contributed by atoms with van der Waals surface area (Å²) in [7, 11) is 0. The zero-order chi connectivity index (χ0) is 10.6. The van der Waals surface area contributed by atoms with E-state index in [2.05, 4.69) is 10.4 Å². The molecule has 1 heterocycles. The Labute approximate surface area is 83.1 Å². The Hall–Kier alpha value is -1.52. The number of ether oxygens (including phenoxy) is 1. The molecule has 0 unspecified atom stereocenters. The zero-order valence-corrected chi connectivity index (χ0v) is 8.65. The molecule has 1 aromatic rings. The van der Waals surface area contributed by atoms with Crippen LogP contribution in [0.1, 0.15) is 26.8 Å². The van der Waals surface area contributed by atoms with Crippen LogP contribution in [0.2, 0.25) is 0 Å². The van der Waals surface area contributed by atoms with Crippen molar-refractivity contribution in [1.29, 1.82) is 0 Å². The van der Waals surface area contributed by atoms with Gasteiger partial charge in [0, 0.05) is 12.6 Å². The van der Waals surface area contributed by atoms with Crippen molar-refractivity contribution in [3.8, 4) is 5.75 Å². The molecule has 0 aliphatic carbocycles. The van der Waals surface area contributed by atoms with E-state index in [-0.39, 0.29) is 6.04 Å². The lowest BCUT2D eigenvalue weighted by molar-refractivity contribution is 0.201. The Kier molecular flexibility index (Phi) is 3.50. The van der Waals surface area contributed by atoms with Gasteiger partial charge in [0.15, 0.2) is 5.75 Å². The van der Waals surface area contributed by atoms with Crippen molar-refractivity contribution in [3.63, 3.8) is 0 Å². The molecule has 1 N–H and O–H groups in total. The van der Waals surface area contributed by atoms with Gasteiger partial charge < -0.3 is 10.1 Å². The van der Waals surface area contributed by atoms with Crippen LogP contribution in [0.5, 0.6) is 5.75 Å². The van der Waals surface area contributed by atoms with E-state index in [1.807, 2.05) is 20.8 Å². The molecule has 0 spiro atoms. The number of amides is 1. The largest absolute Gasteiger partial charge is 0.412 e. The number of nitrogens with zero attached hydrogens (tertiary/aromatic N) is 2. The highest BCUT2D eigenvalue weighted by Crippen LogP contribution is 2.12. The van der Waals surface area contributed by atoms with E-state index in [1.165, 1.54) is 6.20 Å². The molecule has 0 bridgehead atoms. The normalized spacial score (nSPS) is 10.3. The van der Waals surface area contributed by atoms with Gasteiger partial charge in [-0.3, -0.25) is 4.68 Å². The lowest BCUT2D eigenvalue weighted by Gasteiger charge is -2.03. The summed E-state index contributed by atoms with van der Waals surface area (Å²) in [5, 5.41) is 6.57. The molecular weight excluding hydrogens is 182 g/mol. The van der Waals surface area contributed by atoms with Crippen LogP contribution in [0.15, 0.2) is 12.4 Å². The van der Waals surface area contributed by atoms with Crippen molar-refractivity contribution in [3.05, 3.63) is 12.4 Å². The lowest BCUT2D eigenvalue weighted by atomic mass is 10.4. The highest BCUT2D eigenvalue weighted by Gasteiger charge is 2.06. The van der Waals surface area contributed by atoms with Gasteiger partial charge in [-0.05, 0) is 20.8 Å². The van der Waals surface area contributed by atoms with E-state index in [0.29, 0.717) is 12.3 Å². The number of hydrogen-bond acceptors (Lipinski definition) is 3. The summed E-state index contributed by atoms with van der Waals surface area (Å²) in [4.78, 5) is 11.0. The van der Waals surface area contributed by atoms with Gasteiger partial charge in [-0.2, -0.15) is 5.10 Å². The van der Waals surface area contributed by atoms with Crippen LogP contribution < -0.4 is 10.1 Å². The van der Waals surface area contributed by atoms with E-state index >= 15 is 0 Å². The van der Waals surface area contributed by atoms with E-state index in [0.717, 1.165) is 0 Å². The molecule has 1 rings (SSSR count). The van der Waals surface area contributed by atoms with Crippen LogP contribution >= 0.6 is 0 Å².